The summed E-state index contributed by atoms with van der Waals surface area (Å²) < 4.78 is 5.80. The molecule has 4 rings (SSSR count). The normalized spacial score (nSPS) is 10.9. The minimum atomic E-state index is -0.325. The SMILES string of the molecule is O=C(N/N=C/c1ccccc1)c1ccc(Oc2ccc(C(=O)N/N=C/c3ccccc3)cc2)cc1. The van der Waals surface area contributed by atoms with Gasteiger partial charge in [-0.2, -0.15) is 10.2 Å². The third-order valence-corrected chi connectivity index (χ3v) is 4.83. The van der Waals surface area contributed by atoms with Crippen molar-refractivity contribution in [2.75, 3.05) is 0 Å². The van der Waals surface area contributed by atoms with Crippen LogP contribution in [0, 0.1) is 0 Å². The first-order valence-corrected chi connectivity index (χ1v) is 10.8. The van der Waals surface area contributed by atoms with Crippen LogP contribution in [0.25, 0.3) is 0 Å². The van der Waals surface area contributed by atoms with Gasteiger partial charge in [-0.1, -0.05) is 60.7 Å². The summed E-state index contributed by atoms with van der Waals surface area (Å²) in [6.07, 6.45) is 3.16. The monoisotopic (exact) mass is 462 g/mol. The summed E-state index contributed by atoms with van der Waals surface area (Å²) >= 11 is 0. The van der Waals surface area contributed by atoms with Gasteiger partial charge in [0.25, 0.3) is 11.8 Å². The van der Waals surface area contributed by atoms with Crippen LogP contribution in [0.5, 0.6) is 11.5 Å². The molecule has 0 saturated carbocycles. The number of rotatable bonds is 8. The lowest BCUT2D eigenvalue weighted by molar-refractivity contribution is 0.0947. The zero-order valence-corrected chi connectivity index (χ0v) is 18.7. The van der Waals surface area contributed by atoms with Crippen molar-refractivity contribution >= 4 is 24.2 Å². The molecule has 0 aromatic heterocycles. The second kappa shape index (κ2) is 11.7. The van der Waals surface area contributed by atoms with Crippen LogP contribution in [0.2, 0.25) is 0 Å². The first-order valence-electron chi connectivity index (χ1n) is 10.8. The molecule has 0 radical (unpaired) electrons. The van der Waals surface area contributed by atoms with Crippen LogP contribution in [0.4, 0.5) is 0 Å². The molecule has 0 aliphatic rings. The average molecular weight is 463 g/mol. The number of carbonyl (C=O) groups is 2. The summed E-state index contributed by atoms with van der Waals surface area (Å²) in [7, 11) is 0. The largest absolute Gasteiger partial charge is 0.457 e. The number of hydrogen-bond donors (Lipinski definition) is 2. The molecule has 0 atom stereocenters. The first kappa shape index (κ1) is 23.1. The van der Waals surface area contributed by atoms with Gasteiger partial charge >= 0.3 is 0 Å². The molecule has 0 aliphatic carbocycles. The van der Waals surface area contributed by atoms with Crippen LogP contribution in [-0.4, -0.2) is 24.2 Å². The van der Waals surface area contributed by atoms with Crippen molar-refractivity contribution in [3.05, 3.63) is 131 Å². The van der Waals surface area contributed by atoms with Gasteiger partial charge in [-0.05, 0) is 59.7 Å². The van der Waals surface area contributed by atoms with E-state index in [0.29, 0.717) is 22.6 Å². The number of benzene rings is 4. The molecule has 0 saturated heterocycles. The van der Waals surface area contributed by atoms with Gasteiger partial charge < -0.3 is 4.74 Å². The zero-order chi connectivity index (χ0) is 24.3. The van der Waals surface area contributed by atoms with Crippen molar-refractivity contribution in [1.82, 2.24) is 10.9 Å². The zero-order valence-electron chi connectivity index (χ0n) is 18.7. The Morgan fingerprint density at radius 3 is 1.29 bits per heavy atom. The molecule has 0 fully saturated rings. The van der Waals surface area contributed by atoms with Crippen molar-refractivity contribution in [2.24, 2.45) is 10.2 Å². The standard InChI is InChI=1S/C28H22N4O3/c33-27(31-29-19-21-7-3-1-4-8-21)23-11-15-25(16-12-23)35-26-17-13-24(14-18-26)28(34)32-30-20-22-9-5-2-6-10-22/h1-20H,(H,31,33)(H,32,34)/b29-19+,30-20+. The maximum atomic E-state index is 12.2. The van der Waals surface area contributed by atoms with Crippen molar-refractivity contribution < 1.29 is 14.3 Å². The molecular formula is C28H22N4O3. The predicted octanol–water partition coefficient (Wildman–Crippen LogP) is 5.01. The Labute approximate surface area is 202 Å². The molecule has 2 N–H and O–H groups in total. The highest BCUT2D eigenvalue weighted by Crippen LogP contribution is 2.22. The quantitative estimate of drug-likeness (QED) is 0.285. The van der Waals surface area contributed by atoms with Crippen LogP contribution >= 0.6 is 0 Å². The molecule has 172 valence electrons. The number of nitrogens with zero attached hydrogens (tertiary/aromatic N) is 2. The van der Waals surface area contributed by atoms with Gasteiger partial charge in [0.1, 0.15) is 11.5 Å². The van der Waals surface area contributed by atoms with E-state index in [2.05, 4.69) is 21.1 Å². The van der Waals surface area contributed by atoms with Crippen molar-refractivity contribution in [3.63, 3.8) is 0 Å². The first-order chi connectivity index (χ1) is 17.2. The highest BCUT2D eigenvalue weighted by molar-refractivity contribution is 5.95. The maximum Gasteiger partial charge on any atom is 0.271 e. The molecule has 0 aliphatic heterocycles. The fourth-order valence-electron chi connectivity index (χ4n) is 3.02. The van der Waals surface area contributed by atoms with E-state index >= 15 is 0 Å². The molecule has 2 amide bonds. The second-order valence-corrected chi connectivity index (χ2v) is 7.37. The fourth-order valence-corrected chi connectivity index (χ4v) is 3.02. The summed E-state index contributed by atoms with van der Waals surface area (Å²) in [5.41, 5.74) is 7.68. The summed E-state index contributed by atoms with van der Waals surface area (Å²) in [5.74, 6) is 0.459. The highest BCUT2D eigenvalue weighted by atomic mass is 16.5. The number of hydrazone groups is 2. The van der Waals surface area contributed by atoms with Crippen LogP contribution in [0.15, 0.2) is 119 Å². The lowest BCUT2D eigenvalue weighted by Crippen LogP contribution is -2.17. The van der Waals surface area contributed by atoms with E-state index in [0.717, 1.165) is 11.1 Å². The topological polar surface area (TPSA) is 92.1 Å². The van der Waals surface area contributed by atoms with Gasteiger partial charge in [-0.3, -0.25) is 9.59 Å². The van der Waals surface area contributed by atoms with E-state index in [-0.39, 0.29) is 11.8 Å². The van der Waals surface area contributed by atoms with Gasteiger partial charge in [-0.25, -0.2) is 10.9 Å². The van der Waals surface area contributed by atoms with Crippen molar-refractivity contribution in [3.8, 4) is 11.5 Å². The minimum absolute atomic E-state index is 0.325. The van der Waals surface area contributed by atoms with Gasteiger partial charge in [0, 0.05) is 11.1 Å². The lowest BCUT2D eigenvalue weighted by Gasteiger charge is -2.07. The van der Waals surface area contributed by atoms with Gasteiger partial charge in [0.05, 0.1) is 12.4 Å². The minimum Gasteiger partial charge on any atom is -0.457 e. The fraction of sp³-hybridized carbons (Fsp3) is 0. The average Bonchev–Trinajstić information content (AvgIpc) is 2.90. The van der Waals surface area contributed by atoms with E-state index in [9.17, 15) is 9.59 Å². The number of hydrogen-bond acceptors (Lipinski definition) is 5. The van der Waals surface area contributed by atoms with E-state index in [4.69, 9.17) is 4.74 Å². The summed E-state index contributed by atoms with van der Waals surface area (Å²) in [4.78, 5) is 24.5. The Balaban J connectivity index is 1.28. The summed E-state index contributed by atoms with van der Waals surface area (Å²) in [6.45, 7) is 0. The molecular weight excluding hydrogens is 440 g/mol. The lowest BCUT2D eigenvalue weighted by atomic mass is 10.2. The van der Waals surface area contributed by atoms with Crippen LogP contribution < -0.4 is 15.6 Å². The van der Waals surface area contributed by atoms with Gasteiger partial charge in [0.15, 0.2) is 0 Å². The van der Waals surface area contributed by atoms with Crippen LogP contribution in [-0.2, 0) is 0 Å². The number of ether oxygens (including phenoxy) is 1. The smallest absolute Gasteiger partial charge is 0.271 e. The highest BCUT2D eigenvalue weighted by Gasteiger charge is 2.07. The Hall–Kier alpha value is -5.04. The predicted molar refractivity (Wildman–Crippen MR) is 136 cm³/mol. The maximum absolute atomic E-state index is 12.2. The van der Waals surface area contributed by atoms with E-state index in [1.54, 1.807) is 61.0 Å². The molecule has 4 aromatic rings. The van der Waals surface area contributed by atoms with Crippen molar-refractivity contribution in [1.29, 1.82) is 0 Å². The second-order valence-electron chi connectivity index (χ2n) is 7.37. The Kier molecular flexibility index (Phi) is 7.74. The number of amides is 2. The molecule has 4 aromatic carbocycles. The van der Waals surface area contributed by atoms with E-state index in [1.165, 1.54) is 0 Å². The third-order valence-electron chi connectivity index (χ3n) is 4.83. The summed E-state index contributed by atoms with van der Waals surface area (Å²) in [6, 6.07) is 32.3. The Morgan fingerprint density at radius 1 is 0.543 bits per heavy atom. The number of nitrogens with one attached hydrogen (secondary N) is 2. The van der Waals surface area contributed by atoms with Crippen LogP contribution in [0.3, 0.4) is 0 Å². The van der Waals surface area contributed by atoms with Gasteiger partial charge in [-0.15, -0.1) is 0 Å². The van der Waals surface area contributed by atoms with Crippen LogP contribution in [0.1, 0.15) is 31.8 Å². The van der Waals surface area contributed by atoms with E-state index in [1.807, 2.05) is 60.7 Å². The molecule has 0 bridgehead atoms. The summed E-state index contributed by atoms with van der Waals surface area (Å²) in [5, 5.41) is 7.93. The molecule has 35 heavy (non-hydrogen) atoms. The molecule has 0 spiro atoms. The molecule has 0 heterocycles. The van der Waals surface area contributed by atoms with E-state index < -0.39 is 0 Å². The third kappa shape index (κ3) is 6.97. The Morgan fingerprint density at radius 2 is 0.914 bits per heavy atom. The number of carbonyl (C=O) groups excluding carboxylic acids is 2. The molecule has 7 nitrogen and oxygen atoms in total. The van der Waals surface area contributed by atoms with Crippen molar-refractivity contribution in [2.45, 2.75) is 0 Å². The van der Waals surface area contributed by atoms with Gasteiger partial charge in [0.2, 0.25) is 0 Å². The molecule has 0 unspecified atom stereocenters. The Bertz CT molecular complexity index is 1210. The molecule has 7 heteroatoms.